The van der Waals surface area contributed by atoms with E-state index < -0.39 is 63.7 Å². The zero-order valence-corrected chi connectivity index (χ0v) is 20.5. The summed E-state index contributed by atoms with van der Waals surface area (Å²) in [5, 5.41) is -0.245. The van der Waals surface area contributed by atoms with E-state index in [-0.39, 0.29) is 16.8 Å². The molecule has 2 aliphatic heterocycles. The molecule has 0 N–H and O–H groups in total. The first kappa shape index (κ1) is 24.8. The second-order valence-corrected chi connectivity index (χ2v) is 10.1. The van der Waals surface area contributed by atoms with E-state index in [1.807, 2.05) is 0 Å². The lowest BCUT2D eigenvalue weighted by atomic mass is 9.77. The summed E-state index contributed by atoms with van der Waals surface area (Å²) in [5.74, 6) is -6.44. The van der Waals surface area contributed by atoms with Crippen molar-refractivity contribution in [3.63, 3.8) is 0 Å². The highest BCUT2D eigenvalue weighted by Gasteiger charge is 2.74. The molecule has 2 heterocycles. The number of imide groups is 1. The van der Waals surface area contributed by atoms with Gasteiger partial charge in [0.25, 0.3) is 0 Å². The lowest BCUT2D eigenvalue weighted by molar-refractivity contribution is -0.137. The quantitative estimate of drug-likeness (QED) is 0.297. The summed E-state index contributed by atoms with van der Waals surface area (Å²) in [6.45, 7) is 0. The summed E-state index contributed by atoms with van der Waals surface area (Å²) >= 11 is 11.7. The minimum Gasteiger partial charge on any atom is -0.349 e. The van der Waals surface area contributed by atoms with Crippen LogP contribution >= 0.6 is 23.2 Å². The van der Waals surface area contributed by atoms with Crippen LogP contribution < -0.4 is 4.90 Å². The summed E-state index contributed by atoms with van der Waals surface area (Å²) in [4.78, 5) is 55.7. The molecule has 3 unspecified atom stereocenters. The second kappa shape index (κ2) is 8.23. The third-order valence-corrected chi connectivity index (χ3v) is 7.81. The predicted molar refractivity (Wildman–Crippen MR) is 129 cm³/mol. The molecule has 2 amide bonds. The molecular weight excluding hydrogens is 546 g/mol. The lowest BCUT2D eigenvalue weighted by Crippen LogP contribution is -2.51. The van der Waals surface area contributed by atoms with E-state index in [9.17, 15) is 32.3 Å². The van der Waals surface area contributed by atoms with Crippen molar-refractivity contribution in [2.75, 3.05) is 4.90 Å². The van der Waals surface area contributed by atoms with E-state index in [2.05, 4.69) is 0 Å². The number of ketones is 2. The number of carbonyl (C=O) groups is 4. The Morgan fingerprint density at radius 2 is 1.42 bits per heavy atom. The van der Waals surface area contributed by atoms with Crippen molar-refractivity contribution in [1.29, 1.82) is 0 Å². The van der Waals surface area contributed by atoms with Crippen LogP contribution in [0.2, 0.25) is 10.0 Å². The van der Waals surface area contributed by atoms with Gasteiger partial charge in [0, 0.05) is 16.1 Å². The van der Waals surface area contributed by atoms with Crippen LogP contribution in [0.1, 0.15) is 37.9 Å². The number of fused-ring (bicyclic) bond motifs is 3. The SMILES string of the molecule is O=C1C2C(c3ccc(Cl)cc3)OC3(C(=O)c4ccccc4C3=O)C2C(=O)N1c1ccc(Cl)c(C(F)(F)F)c1. The van der Waals surface area contributed by atoms with Crippen molar-refractivity contribution < 1.29 is 37.1 Å². The summed E-state index contributed by atoms with van der Waals surface area (Å²) in [6, 6.07) is 14.7. The van der Waals surface area contributed by atoms with Gasteiger partial charge in [0.2, 0.25) is 29.0 Å². The fourth-order valence-corrected chi connectivity index (χ4v) is 5.95. The van der Waals surface area contributed by atoms with E-state index in [0.29, 0.717) is 21.6 Å². The molecule has 6 nitrogen and oxygen atoms in total. The number of carbonyl (C=O) groups excluding carboxylic acids is 4. The molecule has 3 aromatic rings. The number of amides is 2. The van der Waals surface area contributed by atoms with Crippen LogP contribution in [0.5, 0.6) is 0 Å². The van der Waals surface area contributed by atoms with Gasteiger partial charge in [0.05, 0.1) is 34.2 Å². The largest absolute Gasteiger partial charge is 0.417 e. The predicted octanol–water partition coefficient (Wildman–Crippen LogP) is 5.71. The van der Waals surface area contributed by atoms with Crippen LogP contribution in [0.4, 0.5) is 18.9 Å². The fraction of sp³-hybridized carbons (Fsp3) is 0.185. The Morgan fingerprint density at radius 1 is 0.816 bits per heavy atom. The zero-order chi connectivity index (χ0) is 27.1. The van der Waals surface area contributed by atoms with E-state index >= 15 is 0 Å². The first-order valence-corrected chi connectivity index (χ1v) is 12.1. The molecular formula is C27H14Cl2F3NO5. The molecule has 0 aromatic heterocycles. The monoisotopic (exact) mass is 559 g/mol. The Balaban J connectivity index is 1.53. The summed E-state index contributed by atoms with van der Waals surface area (Å²) < 4.78 is 46.8. The van der Waals surface area contributed by atoms with E-state index in [1.165, 1.54) is 36.4 Å². The topological polar surface area (TPSA) is 80.8 Å². The van der Waals surface area contributed by atoms with Gasteiger partial charge in [0.15, 0.2) is 0 Å². The Hall–Kier alpha value is -3.53. The first-order valence-electron chi connectivity index (χ1n) is 11.3. The number of rotatable bonds is 2. The van der Waals surface area contributed by atoms with Gasteiger partial charge in [-0.25, -0.2) is 4.90 Å². The lowest BCUT2D eigenvalue weighted by Gasteiger charge is -2.27. The van der Waals surface area contributed by atoms with Gasteiger partial charge in [-0.3, -0.25) is 19.2 Å². The number of hydrogen-bond acceptors (Lipinski definition) is 5. The highest BCUT2D eigenvalue weighted by atomic mass is 35.5. The van der Waals surface area contributed by atoms with Gasteiger partial charge in [0.1, 0.15) is 0 Å². The molecule has 3 aliphatic rings. The standard InChI is InChI=1S/C27H14Cl2F3NO5/c28-13-7-5-12(6-8-13)21-19-20(26(38-21)22(34)15-3-1-2-4-16(15)23(26)35)25(37)33(24(19)36)14-9-10-18(29)17(11-14)27(30,31)32/h1-11,19-21H. The normalized spacial score (nSPS) is 23.9. The van der Waals surface area contributed by atoms with E-state index in [4.69, 9.17) is 27.9 Å². The molecule has 11 heteroatoms. The maximum absolute atomic E-state index is 13.9. The number of benzene rings is 3. The molecule has 192 valence electrons. The summed E-state index contributed by atoms with van der Waals surface area (Å²) in [6.07, 6.45) is -6.08. The van der Waals surface area contributed by atoms with Crippen LogP contribution in [0.15, 0.2) is 66.7 Å². The molecule has 38 heavy (non-hydrogen) atoms. The maximum atomic E-state index is 13.9. The zero-order valence-electron chi connectivity index (χ0n) is 19.0. The molecule has 0 saturated carbocycles. The molecule has 3 aromatic carbocycles. The molecule has 3 atom stereocenters. The number of nitrogens with zero attached hydrogens (tertiary/aromatic N) is 1. The van der Waals surface area contributed by atoms with Gasteiger partial charge in [-0.2, -0.15) is 13.2 Å². The van der Waals surface area contributed by atoms with Crippen molar-refractivity contribution >= 4 is 52.3 Å². The van der Waals surface area contributed by atoms with Crippen LogP contribution in [0.25, 0.3) is 0 Å². The van der Waals surface area contributed by atoms with Crippen molar-refractivity contribution in [3.05, 3.63) is 99.0 Å². The third-order valence-electron chi connectivity index (χ3n) is 7.23. The minimum absolute atomic E-state index is 0.0394. The molecule has 0 bridgehead atoms. The molecule has 1 spiro atoms. The molecule has 1 aliphatic carbocycles. The van der Waals surface area contributed by atoms with Gasteiger partial charge >= 0.3 is 6.18 Å². The van der Waals surface area contributed by atoms with Crippen molar-refractivity contribution in [1.82, 2.24) is 0 Å². The average molecular weight is 560 g/mol. The number of ether oxygens (including phenoxy) is 1. The fourth-order valence-electron chi connectivity index (χ4n) is 5.59. The molecule has 0 radical (unpaired) electrons. The van der Waals surface area contributed by atoms with E-state index in [0.717, 1.165) is 12.1 Å². The number of anilines is 1. The first-order chi connectivity index (χ1) is 18.0. The van der Waals surface area contributed by atoms with Crippen molar-refractivity contribution in [3.8, 4) is 0 Å². The van der Waals surface area contributed by atoms with Gasteiger partial charge in [-0.05, 0) is 35.9 Å². The number of halogens is 5. The maximum Gasteiger partial charge on any atom is 0.417 e. The molecule has 2 saturated heterocycles. The van der Waals surface area contributed by atoms with Gasteiger partial charge < -0.3 is 4.74 Å². The van der Waals surface area contributed by atoms with Gasteiger partial charge in [-0.15, -0.1) is 0 Å². The molecule has 2 fully saturated rings. The average Bonchev–Trinajstić information content (AvgIpc) is 3.44. The summed E-state index contributed by atoms with van der Waals surface area (Å²) in [7, 11) is 0. The Bertz CT molecular complexity index is 1530. The number of hydrogen-bond donors (Lipinski definition) is 0. The van der Waals surface area contributed by atoms with Gasteiger partial charge in [-0.1, -0.05) is 59.6 Å². The second-order valence-electron chi connectivity index (χ2n) is 9.21. The smallest absolute Gasteiger partial charge is 0.349 e. The Labute approximate surface area is 222 Å². The summed E-state index contributed by atoms with van der Waals surface area (Å²) in [5.41, 5.74) is -3.52. The number of Topliss-reactive ketones (excluding diaryl/α,β-unsaturated/α-hetero) is 2. The molecule has 6 rings (SSSR count). The van der Waals surface area contributed by atoms with Crippen LogP contribution in [0.3, 0.4) is 0 Å². The Kier molecular flexibility index (Phi) is 5.37. The van der Waals surface area contributed by atoms with Crippen LogP contribution in [-0.4, -0.2) is 29.0 Å². The third kappa shape index (κ3) is 3.25. The van der Waals surface area contributed by atoms with Crippen LogP contribution in [-0.2, 0) is 20.5 Å². The van der Waals surface area contributed by atoms with Crippen molar-refractivity contribution in [2.24, 2.45) is 11.8 Å². The highest BCUT2D eigenvalue weighted by molar-refractivity contribution is 6.37. The number of alkyl halides is 3. The highest BCUT2D eigenvalue weighted by Crippen LogP contribution is 2.58. The van der Waals surface area contributed by atoms with Crippen molar-refractivity contribution in [2.45, 2.75) is 17.9 Å². The Morgan fingerprint density at radius 3 is 2.00 bits per heavy atom. The van der Waals surface area contributed by atoms with Crippen LogP contribution in [0, 0.1) is 11.8 Å². The van der Waals surface area contributed by atoms with E-state index in [1.54, 1.807) is 12.1 Å². The minimum atomic E-state index is -4.86.